The van der Waals surface area contributed by atoms with E-state index in [1.165, 1.54) is 16.0 Å². The molecule has 0 aliphatic carbocycles. The Bertz CT molecular complexity index is 1340. The van der Waals surface area contributed by atoms with Crippen molar-refractivity contribution in [1.29, 1.82) is 0 Å². The molecule has 182 valence electrons. The molecule has 3 atom stereocenters. The quantitative estimate of drug-likeness (QED) is 0.440. The van der Waals surface area contributed by atoms with E-state index in [-0.39, 0.29) is 10.9 Å². The molecule has 35 heavy (non-hydrogen) atoms. The number of fused-ring (bicyclic) bond motifs is 3. The van der Waals surface area contributed by atoms with Crippen LogP contribution in [0.1, 0.15) is 36.0 Å². The molecular formula is C28H32N3O3S+. The summed E-state index contributed by atoms with van der Waals surface area (Å²) in [5.74, 6) is 1.46. The van der Waals surface area contributed by atoms with Crippen LogP contribution in [-0.4, -0.2) is 47.0 Å². The maximum Gasteiger partial charge on any atom is 0.284 e. The number of sulfonamides is 1. The Kier molecular flexibility index (Phi) is 6.38. The predicted molar refractivity (Wildman–Crippen MR) is 139 cm³/mol. The summed E-state index contributed by atoms with van der Waals surface area (Å²) in [6, 6.07) is 22.8. The van der Waals surface area contributed by atoms with Crippen LogP contribution in [-0.2, 0) is 10.0 Å². The number of aryl methyl sites for hydroxylation is 1. The van der Waals surface area contributed by atoms with E-state index < -0.39 is 10.0 Å². The largest absolute Gasteiger partial charge is 0.494 e. The van der Waals surface area contributed by atoms with E-state index in [0.717, 1.165) is 30.8 Å². The number of amidine groups is 1. The number of likely N-dealkylation sites (tertiary alicyclic amines) is 1. The summed E-state index contributed by atoms with van der Waals surface area (Å²) >= 11 is 0. The van der Waals surface area contributed by atoms with Gasteiger partial charge in [0.05, 0.1) is 43.6 Å². The lowest BCUT2D eigenvalue weighted by atomic mass is 9.88. The van der Waals surface area contributed by atoms with E-state index in [2.05, 4.69) is 41.5 Å². The van der Waals surface area contributed by atoms with Crippen molar-refractivity contribution < 1.29 is 18.1 Å². The maximum atomic E-state index is 13.6. The van der Waals surface area contributed by atoms with Gasteiger partial charge >= 0.3 is 0 Å². The van der Waals surface area contributed by atoms with Gasteiger partial charge in [-0.05, 0) is 49.7 Å². The first-order valence-electron chi connectivity index (χ1n) is 12.2. The first kappa shape index (κ1) is 23.6. The SMILES string of the molecule is CCOc1ccc(S(=O)(=O)N=C(c2ccccc2)N2c3ccc(C)cc3[C@@H]3C[NH+](C)CC[C@@H]32)cc1. The topological polar surface area (TPSA) is 63.4 Å². The van der Waals surface area contributed by atoms with Crippen molar-refractivity contribution in [3.63, 3.8) is 0 Å². The van der Waals surface area contributed by atoms with Crippen LogP contribution in [0.4, 0.5) is 5.69 Å². The minimum atomic E-state index is -3.95. The lowest BCUT2D eigenvalue weighted by Crippen LogP contribution is -3.11. The van der Waals surface area contributed by atoms with Crippen LogP contribution >= 0.6 is 0 Å². The van der Waals surface area contributed by atoms with Gasteiger partial charge < -0.3 is 14.5 Å². The molecule has 0 aromatic heterocycles. The Hall–Kier alpha value is -3.16. The van der Waals surface area contributed by atoms with Crippen molar-refractivity contribution in [2.24, 2.45) is 4.40 Å². The Balaban J connectivity index is 1.65. The first-order valence-corrected chi connectivity index (χ1v) is 13.7. The highest BCUT2D eigenvalue weighted by Gasteiger charge is 2.45. The van der Waals surface area contributed by atoms with Crippen LogP contribution in [0.25, 0.3) is 0 Å². The summed E-state index contributed by atoms with van der Waals surface area (Å²) in [7, 11) is -1.72. The minimum absolute atomic E-state index is 0.155. The number of benzene rings is 3. The number of hydrogen-bond donors (Lipinski definition) is 1. The van der Waals surface area contributed by atoms with Gasteiger partial charge in [0.1, 0.15) is 5.75 Å². The molecule has 1 fully saturated rings. The predicted octanol–water partition coefficient (Wildman–Crippen LogP) is 3.42. The van der Waals surface area contributed by atoms with Crippen LogP contribution in [0.3, 0.4) is 0 Å². The summed E-state index contributed by atoms with van der Waals surface area (Å²) in [6.45, 7) is 6.59. The van der Waals surface area contributed by atoms with Crippen molar-refractivity contribution in [1.82, 2.24) is 0 Å². The van der Waals surface area contributed by atoms with Gasteiger partial charge in [-0.25, -0.2) is 0 Å². The zero-order chi connectivity index (χ0) is 24.6. The highest BCUT2D eigenvalue weighted by Crippen LogP contribution is 2.44. The van der Waals surface area contributed by atoms with Gasteiger partial charge in [0.25, 0.3) is 10.0 Å². The van der Waals surface area contributed by atoms with Crippen molar-refractivity contribution >= 4 is 21.5 Å². The van der Waals surface area contributed by atoms with Crippen LogP contribution < -0.4 is 14.5 Å². The molecule has 0 saturated carbocycles. The number of likely N-dealkylation sites (N-methyl/N-ethyl adjacent to an activating group) is 1. The van der Waals surface area contributed by atoms with Gasteiger partial charge in [-0.1, -0.05) is 48.0 Å². The molecular weight excluding hydrogens is 458 g/mol. The van der Waals surface area contributed by atoms with Gasteiger partial charge in [-0.3, -0.25) is 0 Å². The van der Waals surface area contributed by atoms with E-state index in [4.69, 9.17) is 4.74 Å². The molecule has 2 heterocycles. The summed E-state index contributed by atoms with van der Waals surface area (Å²) < 4.78 is 37.1. The minimum Gasteiger partial charge on any atom is -0.494 e. The van der Waals surface area contributed by atoms with Crippen LogP contribution in [0.2, 0.25) is 0 Å². The molecule has 2 aliphatic rings. The summed E-state index contributed by atoms with van der Waals surface area (Å²) in [4.78, 5) is 3.84. The zero-order valence-corrected chi connectivity index (χ0v) is 21.3. The van der Waals surface area contributed by atoms with Gasteiger partial charge in [0, 0.05) is 17.7 Å². The van der Waals surface area contributed by atoms with Crippen molar-refractivity contribution in [3.05, 3.63) is 89.5 Å². The highest BCUT2D eigenvalue weighted by molar-refractivity contribution is 7.90. The van der Waals surface area contributed by atoms with Gasteiger partial charge in [-0.15, -0.1) is 4.40 Å². The standard InChI is InChI=1S/C28H31N3O3S/c1-4-34-22-11-13-23(14-12-22)35(32,33)29-28(21-8-6-5-7-9-21)31-26-15-10-20(2)18-24(26)25-19-30(3)17-16-27(25)31/h5-15,18,25,27H,4,16-17,19H2,1-3H3/p+1/t25-,27-/m0/s1. The number of anilines is 1. The average Bonchev–Trinajstić information content (AvgIpc) is 3.16. The van der Waals surface area contributed by atoms with Crippen LogP contribution in [0.15, 0.2) is 82.1 Å². The molecule has 6 nitrogen and oxygen atoms in total. The third-order valence-corrected chi connectivity index (χ3v) is 8.25. The van der Waals surface area contributed by atoms with Crippen LogP contribution in [0.5, 0.6) is 5.75 Å². The number of ether oxygens (including phenoxy) is 1. The normalized spacial score (nSPS) is 22.0. The summed E-state index contributed by atoms with van der Waals surface area (Å²) in [5, 5.41) is 0. The molecule has 7 heteroatoms. The van der Waals surface area contributed by atoms with E-state index in [0.29, 0.717) is 24.1 Å². The van der Waals surface area contributed by atoms with Crippen LogP contribution in [0, 0.1) is 6.92 Å². The Labute approximate surface area is 207 Å². The number of quaternary nitrogens is 1. The smallest absolute Gasteiger partial charge is 0.284 e. The summed E-state index contributed by atoms with van der Waals surface area (Å²) in [5.41, 5.74) is 4.36. The fourth-order valence-electron chi connectivity index (χ4n) is 5.34. The first-order chi connectivity index (χ1) is 16.9. The lowest BCUT2D eigenvalue weighted by molar-refractivity contribution is -0.886. The van der Waals surface area contributed by atoms with Crippen molar-refractivity contribution in [2.75, 3.05) is 31.6 Å². The molecule has 1 saturated heterocycles. The Morgan fingerprint density at radius 2 is 1.83 bits per heavy atom. The molecule has 1 unspecified atom stereocenters. The zero-order valence-electron chi connectivity index (χ0n) is 20.4. The van der Waals surface area contributed by atoms with E-state index in [1.54, 1.807) is 24.3 Å². The second-order valence-electron chi connectivity index (χ2n) is 9.47. The molecule has 5 rings (SSSR count). The third kappa shape index (κ3) is 4.58. The second-order valence-corrected chi connectivity index (χ2v) is 11.1. The monoisotopic (exact) mass is 490 g/mol. The Morgan fingerprint density at radius 1 is 1.09 bits per heavy atom. The molecule has 1 N–H and O–H groups in total. The Morgan fingerprint density at radius 3 is 2.54 bits per heavy atom. The number of hydrogen-bond acceptors (Lipinski definition) is 3. The molecule has 0 spiro atoms. The van der Waals surface area contributed by atoms with Gasteiger partial charge in [0.2, 0.25) is 0 Å². The highest BCUT2D eigenvalue weighted by atomic mass is 32.2. The van der Waals surface area contributed by atoms with E-state index >= 15 is 0 Å². The van der Waals surface area contributed by atoms with E-state index in [1.807, 2.05) is 37.3 Å². The van der Waals surface area contributed by atoms with Crippen molar-refractivity contribution in [3.8, 4) is 5.75 Å². The number of rotatable bonds is 5. The molecule has 2 aliphatic heterocycles. The number of piperidine rings is 1. The second kappa shape index (κ2) is 9.47. The van der Waals surface area contributed by atoms with Crippen molar-refractivity contribution in [2.45, 2.75) is 37.1 Å². The molecule has 3 aromatic rings. The number of nitrogens with one attached hydrogen (secondary N) is 1. The summed E-state index contributed by atoms with van der Waals surface area (Å²) in [6.07, 6.45) is 0.971. The maximum absolute atomic E-state index is 13.6. The van der Waals surface area contributed by atoms with E-state index in [9.17, 15) is 8.42 Å². The molecule has 0 amide bonds. The van der Waals surface area contributed by atoms with Gasteiger partial charge in [0.15, 0.2) is 5.84 Å². The molecule has 0 radical (unpaired) electrons. The molecule has 0 bridgehead atoms. The fraction of sp³-hybridized carbons (Fsp3) is 0.321. The fourth-order valence-corrected chi connectivity index (χ4v) is 6.35. The molecule has 3 aromatic carbocycles. The lowest BCUT2D eigenvalue weighted by Gasteiger charge is -2.35. The number of nitrogens with zero attached hydrogens (tertiary/aromatic N) is 2. The van der Waals surface area contributed by atoms with Gasteiger partial charge in [-0.2, -0.15) is 8.42 Å². The third-order valence-electron chi connectivity index (χ3n) is 6.97. The average molecular weight is 491 g/mol.